The van der Waals surface area contributed by atoms with E-state index in [9.17, 15) is 48.6 Å². The Morgan fingerprint density at radius 2 is 1.36 bits per heavy atom. The monoisotopic (exact) mass is 1030 g/mol. The molecule has 1 aromatic rings. The fourth-order valence-corrected chi connectivity index (χ4v) is 9.64. The highest BCUT2D eigenvalue weighted by atomic mass is 31.3. The Balaban J connectivity index is 1.81. The van der Waals surface area contributed by atoms with E-state index in [1.165, 1.54) is 63.9 Å². The molecule has 0 radical (unpaired) electrons. The number of hydrogen-bond donors (Lipinski definition) is 6. The van der Waals surface area contributed by atoms with Crippen LogP contribution in [0.3, 0.4) is 0 Å². The number of allylic oxidation sites excluding steroid dienone is 4. The normalized spacial score (nSPS) is 20.1. The van der Waals surface area contributed by atoms with Gasteiger partial charge in [0, 0.05) is 19.0 Å². The number of aromatic nitrogens is 2. The number of nitrogens with two attached hydrogens (primary N) is 1. The lowest BCUT2D eigenvalue weighted by Crippen LogP contribution is -2.36. The van der Waals surface area contributed by atoms with Crippen molar-refractivity contribution in [2.24, 2.45) is 5.92 Å². The van der Waals surface area contributed by atoms with Gasteiger partial charge in [0.25, 0.3) is 0 Å². The standard InChI is InChI=1S/C49H85N3O16P2/c1-4-5-24-30-40(53)31-26-21-17-13-11-15-18-22-27-32-44(54)63-36-41(66-45(55)33-28-23-19-14-10-8-6-7-9-12-16-20-25-29-39(2)3)37-64-69(59,60)68-70(61,62)65-38-42-46(56)47(57)48(67-42)52-35-34-43(50)51-49(52)58/h5,17,21,24,26,31,34-35,39-42,46-48,53,56-57H,4,6-16,18-20,22-23,25,27-30,32-33,36-38H2,1-3H3,(H,59,60)(H,61,62)(H2,50,51,58)/b21-17+,24-5+,31-26+/t40?,41-,42-,46-,47-,48-/m1/s1. The molecule has 21 heteroatoms. The van der Waals surface area contributed by atoms with Crippen LogP contribution in [-0.2, 0) is 46.3 Å². The number of carbonyl (C=O) groups excluding carboxylic acids is 2. The third-order valence-corrected chi connectivity index (χ3v) is 14.1. The van der Waals surface area contributed by atoms with E-state index < -0.39 is 89.8 Å². The van der Waals surface area contributed by atoms with E-state index >= 15 is 0 Å². The number of phosphoric ester groups is 2. The van der Waals surface area contributed by atoms with Crippen molar-refractivity contribution in [3.05, 3.63) is 59.2 Å². The smallest absolute Gasteiger partial charge is 0.462 e. The Morgan fingerprint density at radius 3 is 1.96 bits per heavy atom. The number of unbranched alkanes of at least 4 members (excludes halogenated alkanes) is 17. The summed E-state index contributed by atoms with van der Waals surface area (Å²) in [7, 11) is -10.9. The van der Waals surface area contributed by atoms with Crippen molar-refractivity contribution in [2.75, 3.05) is 25.6 Å². The second kappa shape index (κ2) is 36.8. The van der Waals surface area contributed by atoms with Crippen molar-refractivity contribution in [3.8, 4) is 0 Å². The SMILES string of the molecule is CC/C=C/CC(O)/C=C/C=C/CCCCCCCC(=O)OC[C@H](COP(=O)(O)OP(=O)(O)OC[C@H]1O[C@@H](n2ccc(N)nc2=O)[C@H](O)[C@@H]1O)OC(=O)CCCCCCCCCCCCCCCC(C)C. The Bertz CT molecular complexity index is 1850. The van der Waals surface area contributed by atoms with Gasteiger partial charge in [-0.1, -0.05) is 160 Å². The van der Waals surface area contributed by atoms with Crippen molar-refractivity contribution < 1.29 is 71.4 Å². The summed E-state index contributed by atoms with van der Waals surface area (Å²) in [6, 6.07) is 1.24. The van der Waals surface area contributed by atoms with E-state index in [2.05, 4.69) is 23.1 Å². The molecule has 7 N–H and O–H groups in total. The van der Waals surface area contributed by atoms with E-state index in [1.54, 1.807) is 6.08 Å². The number of esters is 2. The van der Waals surface area contributed by atoms with Crippen LogP contribution in [0.15, 0.2) is 53.5 Å². The Labute approximate surface area is 415 Å². The maximum Gasteiger partial charge on any atom is 0.481 e. The highest BCUT2D eigenvalue weighted by Crippen LogP contribution is 2.60. The van der Waals surface area contributed by atoms with Crippen molar-refractivity contribution >= 4 is 33.4 Å². The molecule has 0 aliphatic carbocycles. The first-order valence-electron chi connectivity index (χ1n) is 25.5. The van der Waals surface area contributed by atoms with Crippen molar-refractivity contribution in [3.63, 3.8) is 0 Å². The lowest BCUT2D eigenvalue weighted by atomic mass is 10.0. The summed E-state index contributed by atoms with van der Waals surface area (Å²) in [5, 5.41) is 30.8. The lowest BCUT2D eigenvalue weighted by Gasteiger charge is -2.21. The number of nitrogens with zero attached hydrogens (tertiary/aromatic N) is 2. The van der Waals surface area contributed by atoms with Gasteiger partial charge >= 0.3 is 33.3 Å². The molecule has 3 unspecified atom stereocenters. The number of aliphatic hydroxyl groups is 3. The van der Waals surface area contributed by atoms with Gasteiger partial charge in [0.05, 0.1) is 19.3 Å². The summed E-state index contributed by atoms with van der Waals surface area (Å²) < 4.78 is 56.7. The average molecular weight is 1030 g/mol. The van der Waals surface area contributed by atoms with E-state index in [-0.39, 0.29) is 18.7 Å². The van der Waals surface area contributed by atoms with Gasteiger partial charge in [-0.25, -0.2) is 13.9 Å². The van der Waals surface area contributed by atoms with Crippen LogP contribution in [0.5, 0.6) is 0 Å². The molecule has 1 aliphatic rings. The zero-order chi connectivity index (χ0) is 51.6. The minimum Gasteiger partial charge on any atom is -0.462 e. The van der Waals surface area contributed by atoms with E-state index in [1.807, 2.05) is 37.3 Å². The zero-order valence-corrected chi connectivity index (χ0v) is 43.6. The first-order chi connectivity index (χ1) is 33.4. The Morgan fingerprint density at radius 1 is 0.786 bits per heavy atom. The second-order valence-electron chi connectivity index (χ2n) is 18.3. The number of aliphatic hydroxyl groups excluding tert-OH is 3. The first kappa shape index (κ1) is 63.1. The quantitative estimate of drug-likeness (QED) is 0.0117. The van der Waals surface area contributed by atoms with Crippen molar-refractivity contribution in [1.29, 1.82) is 0 Å². The van der Waals surface area contributed by atoms with Gasteiger partial charge < -0.3 is 45.1 Å². The molecule has 402 valence electrons. The summed E-state index contributed by atoms with van der Waals surface area (Å²) in [5.74, 6) is -0.571. The van der Waals surface area contributed by atoms with Crippen molar-refractivity contribution in [2.45, 2.75) is 212 Å². The molecule has 1 aliphatic heterocycles. The molecular formula is C49H85N3O16P2. The van der Waals surface area contributed by atoms with Gasteiger partial charge in [-0.3, -0.25) is 23.2 Å². The maximum absolute atomic E-state index is 12.9. The molecule has 0 amide bonds. The van der Waals surface area contributed by atoms with Crippen LogP contribution in [0, 0.1) is 5.92 Å². The van der Waals surface area contributed by atoms with Crippen molar-refractivity contribution in [1.82, 2.24) is 9.55 Å². The van der Waals surface area contributed by atoms with Gasteiger partial charge in [0.1, 0.15) is 30.7 Å². The number of phosphoric acid groups is 2. The summed E-state index contributed by atoms with van der Waals surface area (Å²) in [6.07, 6.45) is 27.0. The zero-order valence-electron chi connectivity index (χ0n) is 41.8. The summed E-state index contributed by atoms with van der Waals surface area (Å²) in [5.41, 5.74) is 4.58. The van der Waals surface area contributed by atoms with Crippen LogP contribution in [0.25, 0.3) is 0 Å². The topological polar surface area (TPSA) is 286 Å². The van der Waals surface area contributed by atoms with Gasteiger partial charge in [-0.15, -0.1) is 0 Å². The van der Waals surface area contributed by atoms with Gasteiger partial charge in [-0.05, 0) is 50.5 Å². The third kappa shape index (κ3) is 30.1. The Kier molecular flexibility index (Phi) is 33.1. The number of ether oxygens (including phenoxy) is 3. The van der Waals surface area contributed by atoms with E-state index in [0.717, 1.165) is 80.9 Å². The Hall–Kier alpha value is -3.06. The van der Waals surface area contributed by atoms with Gasteiger partial charge in [-0.2, -0.15) is 9.29 Å². The first-order valence-corrected chi connectivity index (χ1v) is 28.5. The molecular weight excluding hydrogens is 948 g/mol. The molecule has 1 fully saturated rings. The maximum atomic E-state index is 12.9. The molecule has 0 aromatic carbocycles. The molecule has 70 heavy (non-hydrogen) atoms. The number of rotatable bonds is 41. The fraction of sp³-hybridized carbons (Fsp3) is 0.755. The van der Waals surface area contributed by atoms with E-state index in [0.29, 0.717) is 19.3 Å². The largest absolute Gasteiger partial charge is 0.481 e. The van der Waals surface area contributed by atoms with Gasteiger partial charge in [0.15, 0.2) is 12.3 Å². The second-order valence-corrected chi connectivity index (χ2v) is 21.4. The molecule has 19 nitrogen and oxygen atoms in total. The summed E-state index contributed by atoms with van der Waals surface area (Å²) in [6.45, 7) is 4.23. The minimum atomic E-state index is -5.44. The van der Waals surface area contributed by atoms with Crippen LogP contribution in [-0.4, -0.2) is 96.9 Å². The van der Waals surface area contributed by atoms with Crippen LogP contribution < -0.4 is 11.4 Å². The number of nitrogen functional groups attached to an aromatic ring is 1. The van der Waals surface area contributed by atoms with Crippen LogP contribution in [0.2, 0.25) is 0 Å². The van der Waals surface area contributed by atoms with Crippen LogP contribution in [0.4, 0.5) is 5.82 Å². The van der Waals surface area contributed by atoms with Gasteiger partial charge in [0.2, 0.25) is 0 Å². The molecule has 1 saturated heterocycles. The highest BCUT2D eigenvalue weighted by Gasteiger charge is 2.46. The predicted octanol–water partition coefficient (Wildman–Crippen LogP) is 9.22. The third-order valence-electron chi connectivity index (χ3n) is 11.5. The molecule has 2 rings (SSSR count). The molecule has 1 aromatic heterocycles. The predicted molar refractivity (Wildman–Crippen MR) is 267 cm³/mol. The molecule has 8 atom stereocenters. The fourth-order valence-electron chi connectivity index (χ4n) is 7.53. The number of carbonyl (C=O) groups is 2. The van der Waals surface area contributed by atoms with Crippen LogP contribution >= 0.6 is 15.6 Å². The lowest BCUT2D eigenvalue weighted by molar-refractivity contribution is -0.161. The molecule has 0 bridgehead atoms. The highest BCUT2D eigenvalue weighted by molar-refractivity contribution is 7.61. The van der Waals surface area contributed by atoms with E-state index in [4.69, 9.17) is 29.0 Å². The molecule has 0 saturated carbocycles. The molecule has 2 heterocycles. The summed E-state index contributed by atoms with van der Waals surface area (Å²) >= 11 is 0. The van der Waals surface area contributed by atoms with Crippen LogP contribution in [0.1, 0.15) is 181 Å². The summed E-state index contributed by atoms with van der Waals surface area (Å²) in [4.78, 5) is 61.9. The molecule has 0 spiro atoms. The average Bonchev–Trinajstić information content (AvgIpc) is 3.58. The minimum absolute atomic E-state index is 0.0370. The number of hydrogen-bond acceptors (Lipinski definition) is 16. The number of anilines is 1.